The van der Waals surface area contributed by atoms with Gasteiger partial charge in [0.15, 0.2) is 5.54 Å². The molecule has 0 spiro atoms. The van der Waals surface area contributed by atoms with Gasteiger partial charge in [-0.15, -0.1) is 0 Å². The Balaban J connectivity index is 1.44. The van der Waals surface area contributed by atoms with Crippen LogP contribution in [0, 0.1) is 30.6 Å². The molecule has 0 aromatic heterocycles. The smallest absolute Gasteiger partial charge is 0.250 e. The topological polar surface area (TPSA) is 44.7 Å². The molecule has 6 rings (SSSR count). The minimum Gasteiger partial charge on any atom is -0.350 e. The summed E-state index contributed by atoms with van der Waals surface area (Å²) in [6.07, 6.45) is 4.21. The number of nitrogens with zero attached hydrogens (tertiary/aromatic N) is 2. The van der Waals surface area contributed by atoms with E-state index in [1.54, 1.807) is 0 Å². The lowest BCUT2D eigenvalue weighted by Crippen LogP contribution is -2.66. The average molecular weight is 430 g/mol. The first-order chi connectivity index (χ1) is 15.5. The van der Waals surface area contributed by atoms with Crippen molar-refractivity contribution < 1.29 is 4.79 Å². The van der Waals surface area contributed by atoms with Gasteiger partial charge in [-0.25, -0.2) is 0 Å². The number of benzene rings is 2. The Morgan fingerprint density at radius 2 is 1.88 bits per heavy atom. The van der Waals surface area contributed by atoms with E-state index in [0.29, 0.717) is 30.2 Å². The first kappa shape index (κ1) is 21.4. The number of aryl methyl sites for hydroxylation is 1. The number of hydrogen-bond donors (Lipinski definition) is 1. The second-order valence-electron chi connectivity index (χ2n) is 10.5. The van der Waals surface area contributed by atoms with Gasteiger partial charge in [-0.1, -0.05) is 74.0 Å². The van der Waals surface area contributed by atoms with Crippen LogP contribution >= 0.6 is 0 Å². The molecule has 2 fully saturated rings. The third-order valence-electron chi connectivity index (χ3n) is 7.76. The molecule has 5 atom stereocenters. The van der Waals surface area contributed by atoms with Crippen molar-refractivity contribution in [3.8, 4) is 0 Å². The highest BCUT2D eigenvalue weighted by Crippen LogP contribution is 2.54. The van der Waals surface area contributed by atoms with Gasteiger partial charge in [0, 0.05) is 37.8 Å². The van der Waals surface area contributed by atoms with E-state index in [9.17, 15) is 4.79 Å². The molecule has 168 valence electrons. The van der Waals surface area contributed by atoms with Gasteiger partial charge in [-0.3, -0.25) is 14.7 Å². The van der Waals surface area contributed by atoms with Crippen molar-refractivity contribution in [3.05, 3.63) is 71.3 Å². The molecule has 4 heteroatoms. The van der Waals surface area contributed by atoms with E-state index >= 15 is 0 Å². The van der Waals surface area contributed by atoms with Crippen LogP contribution in [0.15, 0.2) is 59.6 Å². The van der Waals surface area contributed by atoms with Gasteiger partial charge in [0.1, 0.15) is 0 Å². The number of amides is 1. The number of likely N-dealkylation sites (tertiary alicyclic amines) is 1. The normalized spacial score (nSPS) is 30.8. The first-order valence-corrected chi connectivity index (χ1v) is 12.1. The van der Waals surface area contributed by atoms with E-state index < -0.39 is 5.54 Å². The van der Waals surface area contributed by atoms with E-state index in [-0.39, 0.29) is 11.9 Å². The van der Waals surface area contributed by atoms with E-state index in [1.807, 2.05) is 0 Å². The van der Waals surface area contributed by atoms with Crippen molar-refractivity contribution >= 4 is 12.1 Å². The summed E-state index contributed by atoms with van der Waals surface area (Å²) in [7, 11) is 0. The van der Waals surface area contributed by atoms with E-state index in [4.69, 9.17) is 4.99 Å². The predicted molar refractivity (Wildman–Crippen MR) is 130 cm³/mol. The maximum atomic E-state index is 13.9. The number of carbonyl (C=O) groups excluding carboxylic acids is 1. The summed E-state index contributed by atoms with van der Waals surface area (Å²) < 4.78 is 0. The minimum absolute atomic E-state index is 0.117. The molecule has 2 aromatic rings. The van der Waals surface area contributed by atoms with Crippen LogP contribution in [-0.4, -0.2) is 41.7 Å². The third-order valence-corrected chi connectivity index (χ3v) is 7.76. The van der Waals surface area contributed by atoms with Crippen molar-refractivity contribution in [2.24, 2.45) is 28.7 Å². The van der Waals surface area contributed by atoms with Gasteiger partial charge in [0.25, 0.3) is 0 Å². The zero-order chi connectivity index (χ0) is 22.3. The molecule has 4 nitrogen and oxygen atoms in total. The fourth-order valence-electron chi connectivity index (χ4n) is 6.43. The highest BCUT2D eigenvalue weighted by Gasteiger charge is 2.67. The summed E-state index contributed by atoms with van der Waals surface area (Å²) in [5.74, 6) is 1.90. The third kappa shape index (κ3) is 3.69. The monoisotopic (exact) mass is 429 g/mol. The molecule has 32 heavy (non-hydrogen) atoms. The largest absolute Gasteiger partial charge is 0.350 e. The van der Waals surface area contributed by atoms with Crippen LogP contribution in [0.1, 0.15) is 37.0 Å². The SMILES string of the molecule is Cc1ccc(CNC(=O)[C@]23N=C[C@@H]4C[C@H]2CN(CC(C)C)[C@H]3[C@@H]4Cc2ccccc2)cc1. The molecule has 1 N–H and O–H groups in total. The predicted octanol–water partition coefficient (Wildman–Crippen LogP) is 4.27. The van der Waals surface area contributed by atoms with Crippen molar-refractivity contribution in [1.82, 2.24) is 10.2 Å². The second-order valence-corrected chi connectivity index (χ2v) is 10.5. The summed E-state index contributed by atoms with van der Waals surface area (Å²) in [5, 5.41) is 3.28. The molecule has 4 bridgehead atoms. The van der Waals surface area contributed by atoms with Gasteiger partial charge >= 0.3 is 0 Å². The van der Waals surface area contributed by atoms with Crippen LogP contribution in [0.25, 0.3) is 0 Å². The van der Waals surface area contributed by atoms with Crippen LogP contribution < -0.4 is 5.32 Å². The van der Waals surface area contributed by atoms with Crippen LogP contribution in [-0.2, 0) is 17.8 Å². The Morgan fingerprint density at radius 3 is 2.59 bits per heavy atom. The lowest BCUT2D eigenvalue weighted by molar-refractivity contribution is -0.132. The van der Waals surface area contributed by atoms with Crippen molar-refractivity contribution in [2.45, 2.75) is 51.7 Å². The maximum Gasteiger partial charge on any atom is 0.250 e. The Morgan fingerprint density at radius 1 is 1.12 bits per heavy atom. The fourth-order valence-corrected chi connectivity index (χ4v) is 6.43. The molecule has 3 heterocycles. The summed E-state index contributed by atoms with van der Waals surface area (Å²) >= 11 is 0. The molecule has 2 aromatic carbocycles. The summed E-state index contributed by atoms with van der Waals surface area (Å²) in [5.41, 5.74) is 3.09. The van der Waals surface area contributed by atoms with Crippen LogP contribution in [0.5, 0.6) is 0 Å². The van der Waals surface area contributed by atoms with Gasteiger partial charge in [-0.05, 0) is 48.6 Å². The zero-order valence-electron chi connectivity index (χ0n) is 19.5. The van der Waals surface area contributed by atoms with E-state index in [2.05, 4.69) is 91.8 Å². The molecule has 4 aliphatic rings. The van der Waals surface area contributed by atoms with Crippen LogP contribution in [0.2, 0.25) is 0 Å². The summed E-state index contributed by atoms with van der Waals surface area (Å²) in [6, 6.07) is 19.4. The summed E-state index contributed by atoms with van der Waals surface area (Å²) in [6.45, 7) is 9.22. The van der Waals surface area contributed by atoms with E-state index in [1.165, 1.54) is 11.1 Å². The molecule has 1 aliphatic carbocycles. The highest BCUT2D eigenvalue weighted by molar-refractivity contribution is 5.92. The highest BCUT2D eigenvalue weighted by atomic mass is 16.2. The van der Waals surface area contributed by atoms with Crippen molar-refractivity contribution in [3.63, 3.8) is 0 Å². The van der Waals surface area contributed by atoms with Crippen LogP contribution in [0.4, 0.5) is 0 Å². The Bertz CT molecular complexity index is 983. The zero-order valence-corrected chi connectivity index (χ0v) is 19.5. The molecule has 1 saturated heterocycles. The number of rotatable bonds is 7. The minimum atomic E-state index is -0.645. The number of hydrogen-bond acceptors (Lipinski definition) is 3. The van der Waals surface area contributed by atoms with E-state index in [0.717, 1.165) is 31.5 Å². The second kappa shape index (κ2) is 8.47. The molecule has 1 amide bonds. The lowest BCUT2D eigenvalue weighted by atomic mass is 9.59. The number of carbonyl (C=O) groups is 1. The van der Waals surface area contributed by atoms with Gasteiger partial charge in [0.2, 0.25) is 5.91 Å². The molecular weight excluding hydrogens is 394 g/mol. The van der Waals surface area contributed by atoms with Gasteiger partial charge in [-0.2, -0.15) is 0 Å². The van der Waals surface area contributed by atoms with Crippen molar-refractivity contribution in [1.29, 1.82) is 0 Å². The standard InChI is InChI=1S/C28H35N3O/c1-19(2)17-31-18-24-14-23-16-30-28(24,26(31)25(23)13-21-7-5-4-6-8-21)27(32)29-15-22-11-9-20(3)10-12-22/h4-12,16,19,23-26H,13-15,17-18H2,1-3H3,(H,29,32)/t23-,24-,25+,26-,28-/m0/s1. The molecule has 0 unspecified atom stereocenters. The number of aliphatic imine (C=N–C) groups is 1. The molecule has 0 radical (unpaired) electrons. The van der Waals surface area contributed by atoms with Gasteiger partial charge < -0.3 is 5.32 Å². The lowest BCUT2D eigenvalue weighted by Gasteiger charge is -2.51. The quantitative estimate of drug-likeness (QED) is 0.714. The number of nitrogens with one attached hydrogen (secondary N) is 1. The first-order valence-electron chi connectivity index (χ1n) is 12.1. The Kier molecular flexibility index (Phi) is 5.66. The average Bonchev–Trinajstić information content (AvgIpc) is 3.04. The Hall–Kier alpha value is -2.46. The van der Waals surface area contributed by atoms with Crippen molar-refractivity contribution in [2.75, 3.05) is 13.1 Å². The maximum absolute atomic E-state index is 13.9. The molecule has 3 aliphatic heterocycles. The van der Waals surface area contributed by atoms with Gasteiger partial charge in [0.05, 0.1) is 0 Å². The Labute approximate surface area is 192 Å². The van der Waals surface area contributed by atoms with Crippen LogP contribution in [0.3, 0.4) is 0 Å². The molecular formula is C28H35N3O. The fraction of sp³-hybridized carbons (Fsp3) is 0.500. The molecule has 1 saturated carbocycles. The summed E-state index contributed by atoms with van der Waals surface area (Å²) in [4.78, 5) is 21.5.